The van der Waals surface area contributed by atoms with Crippen LogP contribution in [0.1, 0.15) is 32.1 Å². The molecule has 3 nitrogen and oxygen atoms in total. The highest BCUT2D eigenvalue weighted by atomic mass is 79.9. The topological polar surface area (TPSA) is 49.3 Å². The number of halogens is 1. The molecule has 0 bridgehead atoms. The van der Waals surface area contributed by atoms with Crippen LogP contribution in [0.3, 0.4) is 0 Å². The van der Waals surface area contributed by atoms with E-state index in [-0.39, 0.29) is 18.1 Å². The Labute approximate surface area is 87.0 Å². The van der Waals surface area contributed by atoms with Crippen LogP contribution in [0.4, 0.5) is 0 Å². The van der Waals surface area contributed by atoms with Crippen molar-refractivity contribution in [3.63, 3.8) is 0 Å². The Morgan fingerprint density at radius 2 is 2.00 bits per heavy atom. The van der Waals surface area contributed by atoms with E-state index in [1.54, 1.807) is 0 Å². The van der Waals surface area contributed by atoms with E-state index >= 15 is 0 Å². The van der Waals surface area contributed by atoms with Gasteiger partial charge in [-0.3, -0.25) is 4.79 Å². The molecule has 13 heavy (non-hydrogen) atoms. The van der Waals surface area contributed by atoms with E-state index in [0.717, 1.165) is 25.7 Å². The maximum Gasteiger partial charge on any atom is 0.231 e. The van der Waals surface area contributed by atoms with Crippen LogP contribution in [0.15, 0.2) is 0 Å². The SMILES string of the molecule is O=C(CBr)NC1(CO)CCCCC1. The number of rotatable bonds is 3. The molecule has 1 aliphatic rings. The summed E-state index contributed by atoms with van der Waals surface area (Å²) in [5.74, 6) is -0.0315. The Bertz CT molecular complexity index is 178. The maximum atomic E-state index is 11.2. The van der Waals surface area contributed by atoms with Gasteiger partial charge in [-0.25, -0.2) is 0 Å². The third-order valence-electron chi connectivity index (χ3n) is 2.64. The third kappa shape index (κ3) is 2.95. The predicted molar refractivity (Wildman–Crippen MR) is 54.8 cm³/mol. The molecule has 0 aromatic carbocycles. The van der Waals surface area contributed by atoms with Gasteiger partial charge < -0.3 is 10.4 Å². The van der Waals surface area contributed by atoms with Crippen LogP contribution in [-0.2, 0) is 4.79 Å². The second-order valence-corrected chi connectivity index (χ2v) is 4.24. The number of nitrogens with one attached hydrogen (secondary N) is 1. The fraction of sp³-hybridized carbons (Fsp3) is 0.889. The third-order valence-corrected chi connectivity index (χ3v) is 3.15. The van der Waals surface area contributed by atoms with E-state index in [0.29, 0.717) is 5.33 Å². The molecular formula is C9H16BrNO2. The molecule has 76 valence electrons. The van der Waals surface area contributed by atoms with E-state index in [4.69, 9.17) is 0 Å². The van der Waals surface area contributed by atoms with Crippen molar-refractivity contribution in [2.75, 3.05) is 11.9 Å². The molecule has 0 atom stereocenters. The Balaban J connectivity index is 2.52. The molecule has 0 aliphatic heterocycles. The van der Waals surface area contributed by atoms with Crippen LogP contribution < -0.4 is 5.32 Å². The van der Waals surface area contributed by atoms with Crippen molar-refractivity contribution >= 4 is 21.8 Å². The number of alkyl halides is 1. The Hall–Kier alpha value is -0.0900. The molecule has 1 aliphatic carbocycles. The van der Waals surface area contributed by atoms with Gasteiger partial charge in [-0.15, -0.1) is 0 Å². The molecule has 0 aromatic rings. The molecule has 1 saturated carbocycles. The van der Waals surface area contributed by atoms with E-state index < -0.39 is 0 Å². The molecule has 1 rings (SSSR count). The zero-order valence-electron chi connectivity index (χ0n) is 7.68. The van der Waals surface area contributed by atoms with Crippen LogP contribution in [0.25, 0.3) is 0 Å². The molecule has 2 N–H and O–H groups in total. The minimum atomic E-state index is -0.330. The highest BCUT2D eigenvalue weighted by molar-refractivity contribution is 9.09. The van der Waals surface area contributed by atoms with Crippen molar-refractivity contribution in [1.82, 2.24) is 5.32 Å². The van der Waals surface area contributed by atoms with Gasteiger partial charge in [0.25, 0.3) is 0 Å². The van der Waals surface area contributed by atoms with Crippen molar-refractivity contribution in [1.29, 1.82) is 0 Å². The van der Waals surface area contributed by atoms with Gasteiger partial charge in [-0.05, 0) is 12.8 Å². The lowest BCUT2D eigenvalue weighted by molar-refractivity contribution is -0.121. The lowest BCUT2D eigenvalue weighted by Gasteiger charge is -2.36. The zero-order valence-corrected chi connectivity index (χ0v) is 9.27. The average Bonchev–Trinajstić information content (AvgIpc) is 2.19. The highest BCUT2D eigenvalue weighted by Crippen LogP contribution is 2.27. The van der Waals surface area contributed by atoms with E-state index in [9.17, 15) is 9.90 Å². The van der Waals surface area contributed by atoms with Crippen molar-refractivity contribution in [2.45, 2.75) is 37.6 Å². The summed E-state index contributed by atoms with van der Waals surface area (Å²) in [5, 5.41) is 12.5. The Kier molecular flexibility index (Phi) is 4.19. The van der Waals surface area contributed by atoms with Gasteiger partial charge in [0, 0.05) is 0 Å². The van der Waals surface area contributed by atoms with Crippen LogP contribution in [0.2, 0.25) is 0 Å². The first-order chi connectivity index (χ1) is 6.22. The minimum Gasteiger partial charge on any atom is -0.394 e. The smallest absolute Gasteiger partial charge is 0.231 e. The Morgan fingerprint density at radius 1 is 1.38 bits per heavy atom. The van der Waals surface area contributed by atoms with Crippen LogP contribution in [0.5, 0.6) is 0 Å². The van der Waals surface area contributed by atoms with E-state index in [2.05, 4.69) is 21.2 Å². The monoisotopic (exact) mass is 249 g/mol. The van der Waals surface area contributed by atoms with Gasteiger partial charge in [0.2, 0.25) is 5.91 Å². The summed E-state index contributed by atoms with van der Waals surface area (Å²) in [5.41, 5.74) is -0.330. The van der Waals surface area contributed by atoms with Gasteiger partial charge in [-0.1, -0.05) is 35.2 Å². The number of carbonyl (C=O) groups excluding carboxylic acids is 1. The van der Waals surface area contributed by atoms with Gasteiger partial charge >= 0.3 is 0 Å². The predicted octanol–water partition coefficient (Wildman–Crippen LogP) is 1.19. The molecule has 0 heterocycles. The second-order valence-electron chi connectivity index (χ2n) is 3.68. The van der Waals surface area contributed by atoms with Gasteiger partial charge in [0.15, 0.2) is 0 Å². The minimum absolute atomic E-state index is 0.0315. The number of aliphatic hydroxyl groups is 1. The summed E-state index contributed by atoms with van der Waals surface area (Å²) in [4.78, 5) is 11.2. The van der Waals surface area contributed by atoms with E-state index in [1.807, 2.05) is 0 Å². The van der Waals surface area contributed by atoms with Crippen LogP contribution in [0, 0.1) is 0 Å². The lowest BCUT2D eigenvalue weighted by atomic mass is 9.82. The van der Waals surface area contributed by atoms with Gasteiger partial charge in [-0.2, -0.15) is 0 Å². The van der Waals surface area contributed by atoms with Gasteiger partial charge in [0.05, 0.1) is 17.5 Å². The average molecular weight is 250 g/mol. The number of hydrogen-bond donors (Lipinski definition) is 2. The largest absolute Gasteiger partial charge is 0.394 e. The number of hydrogen-bond acceptors (Lipinski definition) is 2. The summed E-state index contributed by atoms with van der Waals surface area (Å²) < 4.78 is 0. The van der Waals surface area contributed by atoms with Crippen molar-refractivity contribution in [2.24, 2.45) is 0 Å². The standard InChI is InChI=1S/C9H16BrNO2/c10-6-8(13)11-9(7-12)4-2-1-3-5-9/h12H,1-7H2,(H,11,13). The Morgan fingerprint density at radius 3 is 2.46 bits per heavy atom. The van der Waals surface area contributed by atoms with E-state index in [1.165, 1.54) is 6.42 Å². The molecular weight excluding hydrogens is 234 g/mol. The molecule has 0 aromatic heterocycles. The first-order valence-corrected chi connectivity index (χ1v) is 5.82. The summed E-state index contributed by atoms with van der Waals surface area (Å²) >= 11 is 3.10. The fourth-order valence-electron chi connectivity index (χ4n) is 1.88. The summed E-state index contributed by atoms with van der Waals surface area (Å²) in [7, 11) is 0. The van der Waals surface area contributed by atoms with Crippen LogP contribution >= 0.6 is 15.9 Å². The normalized spacial score (nSPS) is 21.1. The van der Waals surface area contributed by atoms with Crippen molar-refractivity contribution < 1.29 is 9.90 Å². The molecule has 0 unspecified atom stereocenters. The second kappa shape index (κ2) is 4.96. The van der Waals surface area contributed by atoms with Crippen LogP contribution in [-0.4, -0.2) is 28.5 Å². The highest BCUT2D eigenvalue weighted by Gasteiger charge is 2.32. The summed E-state index contributed by atoms with van der Waals surface area (Å²) in [6.07, 6.45) is 5.22. The molecule has 1 amide bonds. The fourth-order valence-corrected chi connectivity index (χ4v) is 2.02. The molecule has 0 spiro atoms. The molecule has 0 radical (unpaired) electrons. The van der Waals surface area contributed by atoms with Crippen molar-refractivity contribution in [3.05, 3.63) is 0 Å². The number of amides is 1. The zero-order chi connectivity index (χ0) is 9.73. The molecule has 1 fully saturated rings. The molecule has 4 heteroatoms. The first-order valence-electron chi connectivity index (χ1n) is 4.70. The molecule has 0 saturated heterocycles. The number of carbonyl (C=O) groups is 1. The van der Waals surface area contributed by atoms with Gasteiger partial charge in [0.1, 0.15) is 0 Å². The summed E-state index contributed by atoms with van der Waals surface area (Å²) in [6, 6.07) is 0. The summed E-state index contributed by atoms with van der Waals surface area (Å²) in [6.45, 7) is 0.0613. The lowest BCUT2D eigenvalue weighted by Crippen LogP contribution is -2.52. The quantitative estimate of drug-likeness (QED) is 0.739. The maximum absolute atomic E-state index is 11.2. The first kappa shape index (κ1) is 11.0. The number of aliphatic hydroxyl groups excluding tert-OH is 1. The van der Waals surface area contributed by atoms with Crippen molar-refractivity contribution in [3.8, 4) is 0 Å².